The Morgan fingerprint density at radius 2 is 1.70 bits per heavy atom. The Hall–Kier alpha value is -3.21. The zero-order chi connectivity index (χ0) is 24.3. The van der Waals surface area contributed by atoms with Gasteiger partial charge < -0.3 is 10.0 Å². The number of rotatable bonds is 2. The zero-order valence-electron chi connectivity index (χ0n) is 16.7. The average molecular weight is 490 g/mol. The normalized spacial score (nSPS) is 14.5. The predicted octanol–water partition coefficient (Wildman–Crippen LogP) is 5.69. The summed E-state index contributed by atoms with van der Waals surface area (Å²) in [5, 5.41) is 13.4. The van der Waals surface area contributed by atoms with Crippen LogP contribution in [0.4, 0.5) is 32.0 Å². The number of amides is 1. The number of hydrogen-bond acceptors (Lipinski definition) is 3. The van der Waals surface area contributed by atoms with Gasteiger partial charge >= 0.3 is 12.4 Å². The van der Waals surface area contributed by atoms with Crippen LogP contribution < -0.4 is 4.90 Å². The van der Waals surface area contributed by atoms with Crippen LogP contribution in [-0.4, -0.2) is 27.3 Å². The number of phenols is 1. The van der Waals surface area contributed by atoms with Crippen molar-refractivity contribution in [3.8, 4) is 17.0 Å². The summed E-state index contributed by atoms with van der Waals surface area (Å²) in [6.45, 7) is 0.107. The molecule has 0 saturated carbocycles. The Balaban J connectivity index is 1.69. The molecule has 0 fully saturated rings. The number of hydrogen-bond donors (Lipinski definition) is 1. The highest BCUT2D eigenvalue weighted by atomic mass is 35.5. The summed E-state index contributed by atoms with van der Waals surface area (Å²) < 4.78 is 79.4. The molecule has 0 aliphatic carbocycles. The van der Waals surface area contributed by atoms with Crippen LogP contribution in [0, 0.1) is 0 Å². The third-order valence-electron chi connectivity index (χ3n) is 5.32. The smallest absolute Gasteiger partial charge is 0.435 e. The van der Waals surface area contributed by atoms with E-state index in [2.05, 4.69) is 5.10 Å². The van der Waals surface area contributed by atoms with Crippen molar-refractivity contribution >= 4 is 23.2 Å². The van der Waals surface area contributed by atoms with Gasteiger partial charge in [-0.25, -0.2) is 0 Å². The van der Waals surface area contributed by atoms with Gasteiger partial charge in [0.1, 0.15) is 5.75 Å². The molecule has 2 heterocycles. The highest BCUT2D eigenvalue weighted by Crippen LogP contribution is 2.40. The molecule has 5 nitrogen and oxygen atoms in total. The van der Waals surface area contributed by atoms with Crippen LogP contribution >= 0.6 is 11.6 Å². The summed E-state index contributed by atoms with van der Waals surface area (Å²) in [5.41, 5.74) is -1.86. The lowest BCUT2D eigenvalue weighted by atomic mass is 9.95. The number of benzene rings is 2. The molecule has 4 rings (SSSR count). The van der Waals surface area contributed by atoms with E-state index in [1.165, 1.54) is 30.1 Å². The Kier molecular flexibility index (Phi) is 5.35. The first-order valence-corrected chi connectivity index (χ1v) is 9.81. The number of carbonyl (C=O) groups is 1. The molecule has 33 heavy (non-hydrogen) atoms. The molecular weight excluding hydrogens is 476 g/mol. The van der Waals surface area contributed by atoms with E-state index < -0.39 is 40.3 Å². The van der Waals surface area contributed by atoms with Crippen molar-refractivity contribution in [1.82, 2.24) is 9.78 Å². The number of aromatic nitrogens is 2. The van der Waals surface area contributed by atoms with Gasteiger partial charge in [0.2, 0.25) is 0 Å². The molecule has 1 aliphatic rings. The minimum Gasteiger partial charge on any atom is -0.507 e. The maximum Gasteiger partial charge on any atom is 0.435 e. The van der Waals surface area contributed by atoms with Crippen molar-refractivity contribution in [2.75, 3.05) is 11.4 Å². The first-order chi connectivity index (χ1) is 15.3. The Morgan fingerprint density at radius 3 is 2.27 bits per heavy atom. The molecule has 1 N–H and O–H groups in total. The van der Waals surface area contributed by atoms with Gasteiger partial charge in [-0.2, -0.15) is 31.4 Å². The van der Waals surface area contributed by atoms with Gasteiger partial charge in [-0.1, -0.05) is 11.6 Å². The second kappa shape index (κ2) is 7.68. The summed E-state index contributed by atoms with van der Waals surface area (Å²) in [4.78, 5) is 14.1. The zero-order valence-corrected chi connectivity index (χ0v) is 17.5. The van der Waals surface area contributed by atoms with Crippen LogP contribution in [0.1, 0.15) is 27.2 Å². The second-order valence-electron chi connectivity index (χ2n) is 7.43. The van der Waals surface area contributed by atoms with Gasteiger partial charge in [-0.05, 0) is 42.3 Å². The van der Waals surface area contributed by atoms with Gasteiger partial charge in [0.15, 0.2) is 5.69 Å². The average Bonchev–Trinajstić information content (AvgIpc) is 3.09. The molecule has 2 aromatic carbocycles. The van der Waals surface area contributed by atoms with E-state index in [0.717, 1.165) is 16.8 Å². The molecule has 1 aromatic heterocycles. The van der Waals surface area contributed by atoms with Crippen LogP contribution in [0.2, 0.25) is 5.02 Å². The molecule has 0 radical (unpaired) electrons. The fourth-order valence-corrected chi connectivity index (χ4v) is 4.02. The van der Waals surface area contributed by atoms with Gasteiger partial charge in [0.25, 0.3) is 5.91 Å². The molecule has 0 bridgehead atoms. The molecule has 0 saturated heterocycles. The minimum atomic E-state index is -4.74. The molecule has 12 heteroatoms. The monoisotopic (exact) mass is 489 g/mol. The topological polar surface area (TPSA) is 58.4 Å². The largest absolute Gasteiger partial charge is 0.507 e. The van der Waals surface area contributed by atoms with Crippen LogP contribution in [0.25, 0.3) is 11.3 Å². The second-order valence-corrected chi connectivity index (χ2v) is 7.84. The number of alkyl halides is 6. The van der Waals surface area contributed by atoms with E-state index in [1.54, 1.807) is 0 Å². The van der Waals surface area contributed by atoms with Gasteiger partial charge in [0, 0.05) is 36.5 Å². The van der Waals surface area contributed by atoms with Gasteiger partial charge in [-0.15, -0.1) is 0 Å². The molecule has 1 aliphatic heterocycles. The highest BCUT2D eigenvalue weighted by Gasteiger charge is 2.37. The molecule has 3 aromatic rings. The van der Waals surface area contributed by atoms with Crippen LogP contribution in [-0.2, 0) is 25.8 Å². The molecule has 0 unspecified atom stereocenters. The van der Waals surface area contributed by atoms with E-state index in [9.17, 15) is 36.2 Å². The molecule has 174 valence electrons. The molecule has 0 spiro atoms. The first-order valence-electron chi connectivity index (χ1n) is 9.43. The predicted molar refractivity (Wildman–Crippen MR) is 107 cm³/mol. The van der Waals surface area contributed by atoms with E-state index in [4.69, 9.17) is 11.6 Å². The third-order valence-corrected chi connectivity index (χ3v) is 5.63. The van der Waals surface area contributed by atoms with Crippen LogP contribution in [0.3, 0.4) is 0 Å². The number of phenolic OH excluding ortho intramolecular Hbond substituents is 1. The number of nitrogens with zero attached hydrogens (tertiary/aromatic N) is 3. The van der Waals surface area contributed by atoms with E-state index in [-0.39, 0.29) is 35.5 Å². The van der Waals surface area contributed by atoms with Crippen molar-refractivity contribution < 1.29 is 36.2 Å². The standard InChI is InChI=1S/C21H14ClF6N3O2/c1-30-16(9-18(29-30)21(26,27)28)12-3-2-11(7-17(12)32)31-5-4-10-6-15(22)14(20(23,24)25)8-13(10)19(31)33/h2-3,6-9,32H,4-5H2,1H3. The summed E-state index contributed by atoms with van der Waals surface area (Å²) >= 11 is 5.73. The fourth-order valence-electron chi connectivity index (χ4n) is 3.73. The summed E-state index contributed by atoms with van der Waals surface area (Å²) in [7, 11) is 1.28. The fraction of sp³-hybridized carbons (Fsp3) is 0.238. The Labute approximate surface area is 187 Å². The van der Waals surface area contributed by atoms with Crippen LogP contribution in [0.15, 0.2) is 36.4 Å². The van der Waals surface area contributed by atoms with E-state index >= 15 is 0 Å². The third kappa shape index (κ3) is 4.12. The quantitative estimate of drug-likeness (QED) is 0.471. The number of halogens is 7. The maximum absolute atomic E-state index is 13.2. The lowest BCUT2D eigenvalue weighted by Gasteiger charge is -2.29. The molecule has 0 atom stereocenters. The lowest BCUT2D eigenvalue weighted by Crippen LogP contribution is -2.38. The van der Waals surface area contributed by atoms with Gasteiger partial charge in [-0.3, -0.25) is 9.48 Å². The number of fused-ring (bicyclic) bond motifs is 1. The van der Waals surface area contributed by atoms with Gasteiger partial charge in [0.05, 0.1) is 16.3 Å². The van der Waals surface area contributed by atoms with E-state index in [1.807, 2.05) is 0 Å². The number of aryl methyl sites for hydroxylation is 1. The molecular formula is C21H14ClF6N3O2. The minimum absolute atomic E-state index is 0.00819. The summed E-state index contributed by atoms with van der Waals surface area (Å²) in [6, 6.07) is 6.47. The van der Waals surface area contributed by atoms with Crippen LogP contribution in [0.5, 0.6) is 5.75 Å². The number of aromatic hydroxyl groups is 1. The van der Waals surface area contributed by atoms with Crippen molar-refractivity contribution in [2.45, 2.75) is 18.8 Å². The lowest BCUT2D eigenvalue weighted by molar-refractivity contribution is -0.141. The van der Waals surface area contributed by atoms with E-state index in [0.29, 0.717) is 11.6 Å². The van der Waals surface area contributed by atoms with Crippen molar-refractivity contribution in [3.63, 3.8) is 0 Å². The number of carbonyl (C=O) groups excluding carboxylic acids is 1. The summed E-state index contributed by atoms with van der Waals surface area (Å²) in [5.74, 6) is -1.14. The Bertz CT molecular complexity index is 1270. The van der Waals surface area contributed by atoms with Crippen molar-refractivity contribution in [2.24, 2.45) is 7.05 Å². The number of anilines is 1. The van der Waals surface area contributed by atoms with Crippen molar-refractivity contribution in [3.05, 3.63) is 63.8 Å². The summed E-state index contributed by atoms with van der Waals surface area (Å²) in [6.07, 6.45) is -9.19. The molecule has 1 amide bonds. The first kappa shape index (κ1) is 23.0. The maximum atomic E-state index is 13.2. The highest BCUT2D eigenvalue weighted by molar-refractivity contribution is 6.31. The Morgan fingerprint density at radius 1 is 1.00 bits per heavy atom. The van der Waals surface area contributed by atoms with Crippen molar-refractivity contribution in [1.29, 1.82) is 0 Å². The SMILES string of the molecule is Cn1nc(C(F)(F)F)cc1-c1ccc(N2CCc3cc(Cl)c(C(F)(F)F)cc3C2=O)cc1O.